The molecule has 0 aliphatic carbocycles. The van der Waals surface area contributed by atoms with Gasteiger partial charge in [0.25, 0.3) is 0 Å². The average Bonchev–Trinajstić information content (AvgIpc) is 2.48. The van der Waals surface area contributed by atoms with Crippen LogP contribution in [0.5, 0.6) is 0 Å². The molecule has 0 spiro atoms. The van der Waals surface area contributed by atoms with Crippen LogP contribution < -0.4 is 5.32 Å². The number of amides is 1. The van der Waals surface area contributed by atoms with E-state index in [0.29, 0.717) is 0 Å². The van der Waals surface area contributed by atoms with Gasteiger partial charge < -0.3 is 14.7 Å². The van der Waals surface area contributed by atoms with Gasteiger partial charge in [0.05, 0.1) is 13.1 Å². The number of nitrogens with zero attached hydrogens (tertiary/aromatic N) is 1. The molecule has 6 nitrogen and oxygen atoms in total. The van der Waals surface area contributed by atoms with Crippen molar-refractivity contribution in [2.45, 2.75) is 18.5 Å². The number of carbonyl (C=O) groups excluding carboxylic acids is 1. The standard InChI is InChI=1S/C16H20N2O4/c1-3-9-22-15(21)18-10-16(11-18,14(19)20)17-12(2)13-7-5-4-6-8-13/h3-8,12,17H,1,9-11H2,2H3,(H,19,20). The van der Waals surface area contributed by atoms with Crippen molar-refractivity contribution >= 4 is 12.1 Å². The van der Waals surface area contributed by atoms with Gasteiger partial charge >= 0.3 is 12.1 Å². The molecule has 1 aliphatic heterocycles. The highest BCUT2D eigenvalue weighted by molar-refractivity contribution is 5.84. The second-order valence-corrected chi connectivity index (χ2v) is 5.39. The summed E-state index contributed by atoms with van der Waals surface area (Å²) < 4.78 is 4.91. The molecule has 1 aliphatic rings. The molecule has 1 heterocycles. The van der Waals surface area contributed by atoms with Crippen molar-refractivity contribution in [3.63, 3.8) is 0 Å². The van der Waals surface area contributed by atoms with Crippen LogP contribution in [-0.4, -0.2) is 47.3 Å². The number of aliphatic carboxylic acids is 1. The highest BCUT2D eigenvalue weighted by atomic mass is 16.6. The Morgan fingerprint density at radius 2 is 2.09 bits per heavy atom. The third-order valence-corrected chi connectivity index (χ3v) is 3.71. The summed E-state index contributed by atoms with van der Waals surface area (Å²) in [5, 5.41) is 12.6. The van der Waals surface area contributed by atoms with Gasteiger partial charge in [-0.15, -0.1) is 0 Å². The lowest BCUT2D eigenvalue weighted by Gasteiger charge is -2.47. The molecule has 118 valence electrons. The zero-order valence-corrected chi connectivity index (χ0v) is 12.5. The highest BCUT2D eigenvalue weighted by Crippen LogP contribution is 2.26. The van der Waals surface area contributed by atoms with Crippen LogP contribution in [0.15, 0.2) is 43.0 Å². The van der Waals surface area contributed by atoms with Gasteiger partial charge in [-0.3, -0.25) is 10.1 Å². The minimum Gasteiger partial charge on any atom is -0.480 e. The molecule has 0 aromatic heterocycles. The number of carboxylic acids is 1. The Labute approximate surface area is 129 Å². The van der Waals surface area contributed by atoms with E-state index < -0.39 is 17.6 Å². The monoisotopic (exact) mass is 304 g/mol. The summed E-state index contributed by atoms with van der Waals surface area (Å²) >= 11 is 0. The number of nitrogens with one attached hydrogen (secondary N) is 1. The minimum absolute atomic E-state index is 0.0789. The largest absolute Gasteiger partial charge is 0.480 e. The van der Waals surface area contributed by atoms with Gasteiger partial charge in [-0.05, 0) is 12.5 Å². The molecule has 2 N–H and O–H groups in total. The molecule has 0 bridgehead atoms. The number of rotatable bonds is 6. The first kappa shape index (κ1) is 16.0. The van der Waals surface area contributed by atoms with E-state index in [0.717, 1.165) is 5.56 Å². The zero-order valence-electron chi connectivity index (χ0n) is 12.5. The summed E-state index contributed by atoms with van der Waals surface area (Å²) in [6, 6.07) is 9.44. The lowest BCUT2D eigenvalue weighted by atomic mass is 9.88. The lowest BCUT2D eigenvalue weighted by Crippen LogP contribution is -2.74. The van der Waals surface area contributed by atoms with Gasteiger partial charge in [-0.25, -0.2) is 4.79 Å². The molecule has 1 amide bonds. The number of ether oxygens (including phenoxy) is 1. The fourth-order valence-corrected chi connectivity index (χ4v) is 2.48. The van der Waals surface area contributed by atoms with Crippen molar-refractivity contribution in [2.24, 2.45) is 0 Å². The van der Waals surface area contributed by atoms with E-state index in [1.165, 1.54) is 11.0 Å². The molecule has 1 aromatic rings. The van der Waals surface area contributed by atoms with Gasteiger partial charge in [0.2, 0.25) is 0 Å². The summed E-state index contributed by atoms with van der Waals surface area (Å²) in [4.78, 5) is 24.6. The van der Waals surface area contributed by atoms with Crippen LogP contribution >= 0.6 is 0 Å². The number of carboxylic acid groups (broad SMARTS) is 1. The highest BCUT2D eigenvalue weighted by Gasteiger charge is 2.52. The molecule has 1 saturated heterocycles. The normalized spacial score (nSPS) is 17.2. The predicted octanol–water partition coefficient (Wildman–Crippen LogP) is 1.80. The summed E-state index contributed by atoms with van der Waals surface area (Å²) in [5.41, 5.74) is -0.140. The van der Waals surface area contributed by atoms with Crippen molar-refractivity contribution < 1.29 is 19.4 Å². The Balaban J connectivity index is 1.99. The summed E-state index contributed by atoms with van der Waals surface area (Å²) in [6.45, 7) is 5.64. The Bertz CT molecular complexity index is 553. The molecule has 1 unspecified atom stereocenters. The van der Waals surface area contributed by atoms with Crippen LogP contribution in [0.25, 0.3) is 0 Å². The number of benzene rings is 1. The van der Waals surface area contributed by atoms with E-state index in [2.05, 4.69) is 11.9 Å². The summed E-state index contributed by atoms with van der Waals surface area (Å²) in [7, 11) is 0. The third-order valence-electron chi connectivity index (χ3n) is 3.71. The van der Waals surface area contributed by atoms with Crippen molar-refractivity contribution in [1.82, 2.24) is 10.2 Å². The topological polar surface area (TPSA) is 78.9 Å². The Kier molecular flexibility index (Phi) is 4.82. The fourth-order valence-electron chi connectivity index (χ4n) is 2.48. The first-order chi connectivity index (χ1) is 10.5. The van der Waals surface area contributed by atoms with Gasteiger partial charge in [0, 0.05) is 6.04 Å². The molecule has 22 heavy (non-hydrogen) atoms. The molecule has 6 heteroatoms. The lowest BCUT2D eigenvalue weighted by molar-refractivity contribution is -0.152. The SMILES string of the molecule is C=CCOC(=O)N1CC(NC(C)c2ccccc2)(C(=O)O)C1. The smallest absolute Gasteiger partial charge is 0.410 e. The van der Waals surface area contributed by atoms with Gasteiger partial charge in [-0.1, -0.05) is 43.0 Å². The molecular formula is C16H20N2O4. The molecule has 0 radical (unpaired) electrons. The maximum absolute atomic E-state index is 11.7. The Morgan fingerprint density at radius 1 is 1.45 bits per heavy atom. The molecule has 0 saturated carbocycles. The summed E-state index contributed by atoms with van der Waals surface area (Å²) in [6.07, 6.45) is 0.948. The fraction of sp³-hybridized carbons (Fsp3) is 0.375. The molecule has 1 fully saturated rings. The number of carbonyl (C=O) groups is 2. The quantitative estimate of drug-likeness (QED) is 0.784. The minimum atomic E-state index is -1.14. The number of likely N-dealkylation sites (tertiary alicyclic amines) is 1. The van der Waals surface area contributed by atoms with Gasteiger partial charge in [0.15, 0.2) is 5.54 Å². The first-order valence-electron chi connectivity index (χ1n) is 7.07. The van der Waals surface area contributed by atoms with Gasteiger partial charge in [-0.2, -0.15) is 0 Å². The van der Waals surface area contributed by atoms with E-state index in [1.54, 1.807) is 0 Å². The van der Waals surface area contributed by atoms with E-state index in [1.807, 2.05) is 37.3 Å². The number of hydrogen-bond acceptors (Lipinski definition) is 4. The Hall–Kier alpha value is -2.34. The van der Waals surface area contributed by atoms with Crippen LogP contribution in [-0.2, 0) is 9.53 Å². The van der Waals surface area contributed by atoms with Crippen LogP contribution in [0, 0.1) is 0 Å². The molecule has 1 aromatic carbocycles. The Morgan fingerprint density at radius 3 is 2.64 bits per heavy atom. The van der Waals surface area contributed by atoms with Crippen LogP contribution in [0.3, 0.4) is 0 Å². The molecule has 2 rings (SSSR count). The number of hydrogen-bond donors (Lipinski definition) is 2. The van der Waals surface area contributed by atoms with Crippen LogP contribution in [0.1, 0.15) is 18.5 Å². The summed E-state index contributed by atoms with van der Waals surface area (Å²) in [5.74, 6) is -0.969. The van der Waals surface area contributed by atoms with Crippen molar-refractivity contribution in [2.75, 3.05) is 19.7 Å². The second kappa shape index (κ2) is 6.62. The van der Waals surface area contributed by atoms with Crippen molar-refractivity contribution in [3.05, 3.63) is 48.6 Å². The van der Waals surface area contributed by atoms with E-state index in [4.69, 9.17) is 4.74 Å². The van der Waals surface area contributed by atoms with E-state index >= 15 is 0 Å². The first-order valence-corrected chi connectivity index (χ1v) is 7.07. The van der Waals surface area contributed by atoms with E-state index in [9.17, 15) is 14.7 Å². The van der Waals surface area contributed by atoms with Gasteiger partial charge in [0.1, 0.15) is 6.61 Å². The third kappa shape index (κ3) is 3.28. The maximum atomic E-state index is 11.7. The van der Waals surface area contributed by atoms with E-state index in [-0.39, 0.29) is 25.7 Å². The molecule has 1 atom stereocenters. The molecular weight excluding hydrogens is 284 g/mol. The van der Waals surface area contributed by atoms with Crippen molar-refractivity contribution in [3.8, 4) is 0 Å². The second-order valence-electron chi connectivity index (χ2n) is 5.39. The zero-order chi connectivity index (χ0) is 16.2. The van der Waals surface area contributed by atoms with Crippen LogP contribution in [0.2, 0.25) is 0 Å². The average molecular weight is 304 g/mol. The predicted molar refractivity (Wildman–Crippen MR) is 81.5 cm³/mol. The van der Waals surface area contributed by atoms with Crippen molar-refractivity contribution in [1.29, 1.82) is 0 Å². The maximum Gasteiger partial charge on any atom is 0.410 e. The van der Waals surface area contributed by atoms with Crippen LogP contribution in [0.4, 0.5) is 4.79 Å².